The molecule has 3 nitrogen and oxygen atoms in total. The van der Waals surface area contributed by atoms with E-state index in [4.69, 9.17) is 11.6 Å². The van der Waals surface area contributed by atoms with Crippen molar-refractivity contribution in [3.8, 4) is 0 Å². The summed E-state index contributed by atoms with van der Waals surface area (Å²) < 4.78 is 38.8. The predicted octanol–water partition coefficient (Wildman–Crippen LogP) is 5.50. The molecule has 2 unspecified atom stereocenters. The molecule has 1 aromatic heterocycles. The molecule has 0 spiro atoms. The van der Waals surface area contributed by atoms with E-state index in [0.29, 0.717) is 5.13 Å². The maximum absolute atomic E-state index is 12.6. The number of hydrogen-bond donors (Lipinski definition) is 1. The van der Waals surface area contributed by atoms with Crippen LogP contribution >= 0.6 is 22.9 Å². The smallest absolute Gasteiger partial charge is 0.302 e. The van der Waals surface area contributed by atoms with Crippen molar-refractivity contribution in [2.75, 3.05) is 5.32 Å². The van der Waals surface area contributed by atoms with Crippen molar-refractivity contribution in [3.05, 3.63) is 34.9 Å². The largest absolute Gasteiger partial charge is 0.426 e. The van der Waals surface area contributed by atoms with E-state index in [9.17, 15) is 18.0 Å². The molecule has 8 heteroatoms. The topological polar surface area (TPSA) is 42.0 Å². The Bertz CT molecular complexity index is 872. The van der Waals surface area contributed by atoms with Crippen LogP contribution in [0, 0.1) is 24.2 Å². The van der Waals surface area contributed by atoms with Crippen LogP contribution in [0.5, 0.6) is 0 Å². The van der Waals surface area contributed by atoms with Crippen molar-refractivity contribution in [1.29, 1.82) is 0 Å². The number of aromatic nitrogens is 1. The molecule has 1 N–H and O–H groups in total. The zero-order valence-corrected chi connectivity index (χ0v) is 15.3. The number of aryl methyl sites for hydroxylation is 1. The highest BCUT2D eigenvalue weighted by Gasteiger charge is 2.61. The first-order chi connectivity index (χ1) is 11.5. The quantitative estimate of drug-likeness (QED) is 0.754. The Labute approximate surface area is 151 Å². The molecule has 1 aliphatic carbocycles. The van der Waals surface area contributed by atoms with E-state index < -0.39 is 28.5 Å². The van der Waals surface area contributed by atoms with Crippen LogP contribution in [-0.2, 0) is 4.79 Å². The summed E-state index contributed by atoms with van der Waals surface area (Å²) in [4.78, 5) is 16.9. The van der Waals surface area contributed by atoms with Crippen LogP contribution in [0.2, 0.25) is 0 Å². The maximum atomic E-state index is 12.6. The Balaban J connectivity index is 1.78. The second-order valence-corrected chi connectivity index (χ2v) is 8.20. The normalized spacial score (nSPS) is 22.9. The summed E-state index contributed by atoms with van der Waals surface area (Å²) >= 11 is 6.65. The maximum Gasteiger partial charge on any atom is 0.426 e. The Morgan fingerprint density at radius 2 is 2.08 bits per heavy atom. The summed E-state index contributed by atoms with van der Waals surface area (Å²) in [7, 11) is 0. The van der Waals surface area contributed by atoms with Gasteiger partial charge in [0.05, 0.1) is 16.1 Å². The molecule has 1 aromatic carbocycles. The molecule has 2 aromatic rings. The molecular formula is C17H16ClF3N2OS. The van der Waals surface area contributed by atoms with Crippen molar-refractivity contribution in [3.63, 3.8) is 0 Å². The summed E-state index contributed by atoms with van der Waals surface area (Å²) in [5.41, 5.74) is 1.23. The van der Waals surface area contributed by atoms with E-state index in [2.05, 4.69) is 10.3 Å². The number of thiazole rings is 1. The number of nitrogens with zero attached hydrogens (tertiary/aromatic N) is 1. The van der Waals surface area contributed by atoms with Gasteiger partial charge in [0.1, 0.15) is 5.03 Å². The minimum Gasteiger partial charge on any atom is -0.302 e. The average molecular weight is 389 g/mol. The summed E-state index contributed by atoms with van der Waals surface area (Å²) in [5.74, 6) is -1.47. The third-order valence-electron chi connectivity index (χ3n) is 4.64. The summed E-state index contributed by atoms with van der Waals surface area (Å²) in [5, 5.41) is 2.00. The molecule has 2 atom stereocenters. The number of halogens is 4. The summed E-state index contributed by atoms with van der Waals surface area (Å²) in [6, 6.07) is 5.74. The van der Waals surface area contributed by atoms with Crippen LogP contribution in [0.3, 0.4) is 0 Å². The SMILES string of the molecule is Cc1cccc2sc(NC(=O)C3C(/C=C(\Cl)C(F)(F)F)C3(C)C)nc12. The fourth-order valence-corrected chi connectivity index (χ4v) is 4.15. The molecule has 1 fully saturated rings. The minimum absolute atomic E-state index is 0.338. The lowest BCUT2D eigenvalue weighted by Gasteiger charge is -2.04. The van der Waals surface area contributed by atoms with Crippen molar-refractivity contribution >= 4 is 44.2 Å². The van der Waals surface area contributed by atoms with Crippen LogP contribution in [0.25, 0.3) is 10.2 Å². The fraction of sp³-hybridized carbons (Fsp3) is 0.412. The molecule has 0 saturated heterocycles. The van der Waals surface area contributed by atoms with Gasteiger partial charge in [0.15, 0.2) is 5.13 Å². The molecule has 134 valence electrons. The molecule has 25 heavy (non-hydrogen) atoms. The number of benzene rings is 1. The van der Waals surface area contributed by atoms with E-state index in [1.165, 1.54) is 11.3 Å². The Morgan fingerprint density at radius 3 is 2.68 bits per heavy atom. The number of allylic oxidation sites excluding steroid dienone is 2. The third kappa shape index (κ3) is 3.40. The molecule has 1 heterocycles. The number of anilines is 1. The van der Waals surface area contributed by atoms with Crippen molar-refractivity contribution in [2.24, 2.45) is 17.3 Å². The number of fused-ring (bicyclic) bond motifs is 1. The van der Waals surface area contributed by atoms with Gasteiger partial charge < -0.3 is 5.32 Å². The van der Waals surface area contributed by atoms with Crippen LogP contribution < -0.4 is 5.32 Å². The highest BCUT2D eigenvalue weighted by molar-refractivity contribution is 7.22. The van der Waals surface area contributed by atoms with Crippen molar-refractivity contribution in [2.45, 2.75) is 26.9 Å². The highest BCUT2D eigenvalue weighted by atomic mass is 35.5. The van der Waals surface area contributed by atoms with Crippen LogP contribution in [-0.4, -0.2) is 17.1 Å². The predicted molar refractivity (Wildman–Crippen MR) is 93.7 cm³/mol. The first-order valence-electron chi connectivity index (χ1n) is 7.63. The van der Waals surface area contributed by atoms with Crippen LogP contribution in [0.1, 0.15) is 19.4 Å². The van der Waals surface area contributed by atoms with E-state index in [0.717, 1.165) is 21.9 Å². The molecule has 0 radical (unpaired) electrons. The highest BCUT2D eigenvalue weighted by Crippen LogP contribution is 2.60. The number of rotatable bonds is 3. The monoisotopic (exact) mass is 388 g/mol. The zero-order chi connectivity index (χ0) is 18.6. The van der Waals surface area contributed by atoms with Gasteiger partial charge in [0, 0.05) is 0 Å². The zero-order valence-electron chi connectivity index (χ0n) is 13.7. The van der Waals surface area contributed by atoms with Gasteiger partial charge >= 0.3 is 6.18 Å². The van der Waals surface area contributed by atoms with E-state index in [1.54, 1.807) is 13.8 Å². The summed E-state index contributed by atoms with van der Waals surface area (Å²) in [6.45, 7) is 5.43. The number of alkyl halides is 3. The number of hydrogen-bond acceptors (Lipinski definition) is 3. The van der Waals surface area contributed by atoms with Crippen molar-refractivity contribution < 1.29 is 18.0 Å². The number of carbonyl (C=O) groups is 1. The second kappa shape index (κ2) is 5.99. The summed E-state index contributed by atoms with van der Waals surface area (Å²) in [6.07, 6.45) is -3.65. The van der Waals surface area contributed by atoms with Gasteiger partial charge in [0.2, 0.25) is 5.91 Å². The Kier molecular flexibility index (Phi) is 4.36. The van der Waals surface area contributed by atoms with Gasteiger partial charge in [-0.15, -0.1) is 0 Å². The molecule has 0 aliphatic heterocycles. The van der Waals surface area contributed by atoms with E-state index >= 15 is 0 Å². The molecule has 1 saturated carbocycles. The average Bonchev–Trinajstić information content (AvgIpc) is 2.83. The van der Waals surface area contributed by atoms with Crippen LogP contribution in [0.15, 0.2) is 29.3 Å². The van der Waals surface area contributed by atoms with Gasteiger partial charge in [-0.3, -0.25) is 4.79 Å². The van der Waals surface area contributed by atoms with Gasteiger partial charge in [-0.05, 0) is 29.9 Å². The molecule has 1 amide bonds. The lowest BCUT2D eigenvalue weighted by atomic mass is 10.1. The lowest BCUT2D eigenvalue weighted by Crippen LogP contribution is -2.16. The molecular weight excluding hydrogens is 373 g/mol. The first kappa shape index (κ1) is 18.2. The standard InChI is InChI=1S/C17H16ClF3N2OS/c1-8-5-4-6-10-13(8)22-15(25-10)23-14(24)12-9(16(12,2)3)7-11(18)17(19,20)21/h4-7,9,12H,1-3H3,(H,22,23,24)/b11-7-. The molecule has 0 bridgehead atoms. The lowest BCUT2D eigenvalue weighted by molar-refractivity contribution is -0.118. The third-order valence-corrected chi connectivity index (χ3v) is 5.92. The molecule has 3 rings (SSSR count). The number of amides is 1. The number of carbonyl (C=O) groups excluding carboxylic acids is 1. The number of para-hydroxylation sites is 1. The second-order valence-electron chi connectivity index (χ2n) is 6.77. The Morgan fingerprint density at radius 1 is 1.40 bits per heavy atom. The van der Waals surface area contributed by atoms with Gasteiger partial charge in [-0.25, -0.2) is 4.98 Å². The van der Waals surface area contributed by atoms with E-state index in [-0.39, 0.29) is 5.91 Å². The van der Waals surface area contributed by atoms with E-state index in [1.807, 2.05) is 25.1 Å². The van der Waals surface area contributed by atoms with Crippen molar-refractivity contribution in [1.82, 2.24) is 4.98 Å². The fourth-order valence-electron chi connectivity index (χ4n) is 3.06. The van der Waals surface area contributed by atoms with Gasteiger partial charge in [-0.2, -0.15) is 13.2 Å². The van der Waals surface area contributed by atoms with Gasteiger partial charge in [0.25, 0.3) is 0 Å². The van der Waals surface area contributed by atoms with Gasteiger partial charge in [-0.1, -0.05) is 55.0 Å². The number of nitrogens with one attached hydrogen (secondary N) is 1. The Hall–Kier alpha value is -1.60. The van der Waals surface area contributed by atoms with Crippen LogP contribution in [0.4, 0.5) is 18.3 Å². The minimum atomic E-state index is -4.59. The molecule has 1 aliphatic rings. The first-order valence-corrected chi connectivity index (χ1v) is 8.83.